The first-order valence-electron chi connectivity index (χ1n) is 7.91. The van der Waals surface area contributed by atoms with Crippen molar-refractivity contribution in [2.24, 2.45) is 0 Å². The Morgan fingerprint density at radius 2 is 2.00 bits per heavy atom. The number of hydrogen-bond acceptors (Lipinski definition) is 4. The molecule has 4 heteroatoms. The molecule has 0 saturated heterocycles. The Kier molecular flexibility index (Phi) is 10.4. The molecule has 0 aromatic carbocycles. The van der Waals surface area contributed by atoms with E-state index in [-0.39, 0.29) is 0 Å². The highest BCUT2D eigenvalue weighted by Crippen LogP contribution is 2.19. The number of rotatable bonds is 11. The summed E-state index contributed by atoms with van der Waals surface area (Å²) in [6.45, 7) is 5.44. The van der Waals surface area contributed by atoms with Crippen molar-refractivity contribution in [1.82, 2.24) is 5.32 Å². The van der Waals surface area contributed by atoms with Gasteiger partial charge < -0.3 is 19.9 Å². The van der Waals surface area contributed by atoms with E-state index in [9.17, 15) is 5.11 Å². The van der Waals surface area contributed by atoms with Gasteiger partial charge in [0.2, 0.25) is 0 Å². The van der Waals surface area contributed by atoms with Crippen LogP contribution in [0.2, 0.25) is 0 Å². The van der Waals surface area contributed by atoms with Gasteiger partial charge in [0.25, 0.3) is 0 Å². The smallest absolute Gasteiger partial charge is 0.0897 e. The molecule has 2 N–H and O–H groups in total. The van der Waals surface area contributed by atoms with Gasteiger partial charge in [0.1, 0.15) is 0 Å². The van der Waals surface area contributed by atoms with Crippen LogP contribution in [0.3, 0.4) is 0 Å². The van der Waals surface area contributed by atoms with Crippen molar-refractivity contribution in [2.75, 3.05) is 32.9 Å². The van der Waals surface area contributed by atoms with Crippen LogP contribution in [0, 0.1) is 0 Å². The Morgan fingerprint density at radius 1 is 1.21 bits per heavy atom. The topological polar surface area (TPSA) is 50.7 Å². The second-order valence-corrected chi connectivity index (χ2v) is 5.42. The van der Waals surface area contributed by atoms with Gasteiger partial charge in [-0.05, 0) is 19.3 Å². The van der Waals surface area contributed by atoms with E-state index in [1.807, 2.05) is 0 Å². The SMILES string of the molecule is CCCCOCC(O)CNCCOC1CCCCC1. The maximum absolute atomic E-state index is 9.67. The summed E-state index contributed by atoms with van der Waals surface area (Å²) in [5.74, 6) is 0. The van der Waals surface area contributed by atoms with E-state index in [4.69, 9.17) is 9.47 Å². The van der Waals surface area contributed by atoms with E-state index >= 15 is 0 Å². The first-order valence-corrected chi connectivity index (χ1v) is 7.91. The predicted octanol–water partition coefficient (Wildman–Crippen LogP) is 2.10. The zero-order valence-corrected chi connectivity index (χ0v) is 12.4. The highest BCUT2D eigenvalue weighted by molar-refractivity contribution is 4.65. The van der Waals surface area contributed by atoms with Crippen LogP contribution < -0.4 is 5.32 Å². The molecular weight excluding hydrogens is 242 g/mol. The van der Waals surface area contributed by atoms with Crippen molar-refractivity contribution in [3.8, 4) is 0 Å². The molecular formula is C15H31NO3. The van der Waals surface area contributed by atoms with Crippen LogP contribution in [0.1, 0.15) is 51.9 Å². The predicted molar refractivity (Wildman–Crippen MR) is 77.4 cm³/mol. The third-order valence-corrected chi connectivity index (χ3v) is 3.52. The van der Waals surface area contributed by atoms with Gasteiger partial charge >= 0.3 is 0 Å². The largest absolute Gasteiger partial charge is 0.389 e. The van der Waals surface area contributed by atoms with Gasteiger partial charge in [-0.25, -0.2) is 0 Å². The van der Waals surface area contributed by atoms with Crippen molar-refractivity contribution < 1.29 is 14.6 Å². The van der Waals surface area contributed by atoms with Crippen LogP contribution in [-0.4, -0.2) is 50.2 Å². The van der Waals surface area contributed by atoms with Gasteiger partial charge in [-0.2, -0.15) is 0 Å². The van der Waals surface area contributed by atoms with Crippen LogP contribution in [0.15, 0.2) is 0 Å². The summed E-state index contributed by atoms with van der Waals surface area (Å²) in [4.78, 5) is 0. The van der Waals surface area contributed by atoms with E-state index in [0.29, 0.717) is 19.3 Å². The zero-order chi connectivity index (χ0) is 13.8. The molecule has 0 radical (unpaired) electrons. The molecule has 0 amide bonds. The lowest BCUT2D eigenvalue weighted by Gasteiger charge is -2.22. The third-order valence-electron chi connectivity index (χ3n) is 3.52. The monoisotopic (exact) mass is 273 g/mol. The summed E-state index contributed by atoms with van der Waals surface area (Å²) in [5.41, 5.74) is 0. The van der Waals surface area contributed by atoms with Gasteiger partial charge in [-0.15, -0.1) is 0 Å². The average molecular weight is 273 g/mol. The van der Waals surface area contributed by atoms with Crippen molar-refractivity contribution in [1.29, 1.82) is 0 Å². The molecule has 19 heavy (non-hydrogen) atoms. The fourth-order valence-electron chi connectivity index (χ4n) is 2.32. The lowest BCUT2D eigenvalue weighted by atomic mass is 9.98. The molecule has 114 valence electrons. The van der Waals surface area contributed by atoms with E-state index < -0.39 is 6.10 Å². The summed E-state index contributed by atoms with van der Waals surface area (Å²) in [6, 6.07) is 0. The van der Waals surface area contributed by atoms with E-state index in [1.54, 1.807) is 0 Å². The lowest BCUT2D eigenvalue weighted by Crippen LogP contribution is -2.33. The first-order chi connectivity index (χ1) is 9.33. The molecule has 0 aliphatic heterocycles. The number of nitrogens with one attached hydrogen (secondary N) is 1. The van der Waals surface area contributed by atoms with Gasteiger partial charge in [0, 0.05) is 19.7 Å². The fourth-order valence-corrected chi connectivity index (χ4v) is 2.32. The minimum Gasteiger partial charge on any atom is -0.389 e. The van der Waals surface area contributed by atoms with Crippen LogP contribution in [0.4, 0.5) is 0 Å². The highest BCUT2D eigenvalue weighted by atomic mass is 16.5. The van der Waals surface area contributed by atoms with Crippen LogP contribution in [0.5, 0.6) is 0 Å². The Balaban J connectivity index is 1.83. The van der Waals surface area contributed by atoms with Gasteiger partial charge in [-0.3, -0.25) is 0 Å². The zero-order valence-electron chi connectivity index (χ0n) is 12.4. The van der Waals surface area contributed by atoms with E-state index in [0.717, 1.165) is 32.6 Å². The number of aliphatic hydroxyl groups is 1. The van der Waals surface area contributed by atoms with E-state index in [1.165, 1.54) is 32.1 Å². The average Bonchev–Trinajstić information content (AvgIpc) is 2.44. The molecule has 1 atom stereocenters. The number of hydrogen-bond donors (Lipinski definition) is 2. The summed E-state index contributed by atoms with van der Waals surface area (Å²) in [6.07, 6.45) is 8.67. The van der Waals surface area contributed by atoms with Crippen LogP contribution >= 0.6 is 0 Å². The maximum atomic E-state index is 9.67. The van der Waals surface area contributed by atoms with Crippen molar-refractivity contribution in [3.63, 3.8) is 0 Å². The Labute approximate surface area is 117 Å². The third kappa shape index (κ3) is 9.38. The molecule has 0 heterocycles. The van der Waals surface area contributed by atoms with Crippen molar-refractivity contribution in [2.45, 2.75) is 64.1 Å². The van der Waals surface area contributed by atoms with Crippen molar-refractivity contribution >= 4 is 0 Å². The molecule has 4 nitrogen and oxygen atoms in total. The van der Waals surface area contributed by atoms with Gasteiger partial charge in [0.05, 0.1) is 25.4 Å². The van der Waals surface area contributed by atoms with Gasteiger partial charge in [0.15, 0.2) is 0 Å². The molecule has 0 aromatic rings. The van der Waals surface area contributed by atoms with Crippen LogP contribution in [0.25, 0.3) is 0 Å². The number of unbranched alkanes of at least 4 members (excludes halogenated alkanes) is 1. The molecule has 0 bridgehead atoms. The number of aliphatic hydroxyl groups excluding tert-OH is 1. The fraction of sp³-hybridized carbons (Fsp3) is 1.00. The minimum atomic E-state index is -0.411. The molecule has 1 unspecified atom stereocenters. The highest BCUT2D eigenvalue weighted by Gasteiger charge is 2.13. The molecule has 1 rings (SSSR count). The van der Waals surface area contributed by atoms with Crippen LogP contribution in [-0.2, 0) is 9.47 Å². The Hall–Kier alpha value is -0.160. The molecule has 1 saturated carbocycles. The second kappa shape index (κ2) is 11.6. The van der Waals surface area contributed by atoms with Crippen molar-refractivity contribution in [3.05, 3.63) is 0 Å². The Morgan fingerprint density at radius 3 is 2.74 bits per heavy atom. The standard InChI is InChI=1S/C15H31NO3/c1-2-3-10-18-13-14(17)12-16-9-11-19-15-7-5-4-6-8-15/h14-17H,2-13H2,1H3. The minimum absolute atomic E-state index is 0.411. The maximum Gasteiger partial charge on any atom is 0.0897 e. The second-order valence-electron chi connectivity index (χ2n) is 5.42. The first kappa shape index (κ1) is 16.9. The summed E-state index contributed by atoms with van der Waals surface area (Å²) in [5, 5.41) is 12.9. The molecule has 1 aliphatic rings. The molecule has 1 aliphatic carbocycles. The Bertz CT molecular complexity index is 196. The number of ether oxygens (including phenoxy) is 2. The molecule has 0 aromatic heterocycles. The summed E-state index contributed by atoms with van der Waals surface area (Å²) >= 11 is 0. The summed E-state index contributed by atoms with van der Waals surface area (Å²) < 4.78 is 11.2. The van der Waals surface area contributed by atoms with Gasteiger partial charge in [-0.1, -0.05) is 32.6 Å². The summed E-state index contributed by atoms with van der Waals surface area (Å²) in [7, 11) is 0. The van der Waals surface area contributed by atoms with E-state index in [2.05, 4.69) is 12.2 Å². The lowest BCUT2D eigenvalue weighted by molar-refractivity contribution is 0.0219. The molecule has 1 fully saturated rings. The molecule has 0 spiro atoms. The quantitative estimate of drug-likeness (QED) is 0.566. The normalized spacial score (nSPS) is 18.6.